The average Bonchev–Trinajstić information content (AvgIpc) is 2.84. The SMILES string of the molecule is CCN1CCN(c2ccc(-c3ccc(OC)c(S(=O)(=O)N4CCOCC4)c3)nn2)CC1. The van der Waals surface area contributed by atoms with Gasteiger partial charge in [-0.3, -0.25) is 0 Å². The molecule has 9 nitrogen and oxygen atoms in total. The van der Waals surface area contributed by atoms with Crippen molar-refractivity contribution in [1.82, 2.24) is 19.4 Å². The van der Waals surface area contributed by atoms with E-state index in [4.69, 9.17) is 9.47 Å². The number of sulfonamides is 1. The van der Waals surface area contributed by atoms with Crippen molar-refractivity contribution in [2.45, 2.75) is 11.8 Å². The van der Waals surface area contributed by atoms with E-state index in [1.807, 2.05) is 12.1 Å². The van der Waals surface area contributed by atoms with Crippen LogP contribution in [-0.4, -0.2) is 94.0 Å². The van der Waals surface area contributed by atoms with Gasteiger partial charge >= 0.3 is 0 Å². The number of anilines is 1. The molecule has 10 heteroatoms. The Labute approximate surface area is 183 Å². The number of benzene rings is 1. The van der Waals surface area contributed by atoms with Gasteiger partial charge in [0.15, 0.2) is 5.82 Å². The molecule has 0 aliphatic carbocycles. The van der Waals surface area contributed by atoms with Crippen LogP contribution in [0.5, 0.6) is 5.75 Å². The first-order valence-electron chi connectivity index (χ1n) is 10.6. The van der Waals surface area contributed by atoms with E-state index in [-0.39, 0.29) is 4.90 Å². The van der Waals surface area contributed by atoms with Gasteiger partial charge < -0.3 is 19.3 Å². The molecule has 0 spiro atoms. The molecule has 0 saturated carbocycles. The first kappa shape index (κ1) is 21.9. The lowest BCUT2D eigenvalue weighted by atomic mass is 10.1. The maximum atomic E-state index is 13.2. The fourth-order valence-electron chi connectivity index (χ4n) is 3.90. The largest absolute Gasteiger partial charge is 0.495 e. The molecule has 2 aliphatic heterocycles. The third-order valence-electron chi connectivity index (χ3n) is 5.84. The molecule has 31 heavy (non-hydrogen) atoms. The molecule has 0 amide bonds. The number of piperazine rings is 1. The van der Waals surface area contributed by atoms with E-state index in [9.17, 15) is 8.42 Å². The van der Waals surface area contributed by atoms with Gasteiger partial charge in [0.25, 0.3) is 0 Å². The van der Waals surface area contributed by atoms with Crippen LogP contribution < -0.4 is 9.64 Å². The molecule has 0 N–H and O–H groups in total. The lowest BCUT2D eigenvalue weighted by Crippen LogP contribution is -2.46. The predicted molar refractivity (Wildman–Crippen MR) is 118 cm³/mol. The van der Waals surface area contributed by atoms with E-state index in [1.165, 1.54) is 11.4 Å². The number of rotatable bonds is 6. The summed E-state index contributed by atoms with van der Waals surface area (Å²) in [4.78, 5) is 4.77. The Bertz CT molecular complexity index is 985. The number of morpholine rings is 1. The maximum absolute atomic E-state index is 13.2. The van der Waals surface area contributed by atoms with Crippen molar-refractivity contribution in [2.75, 3.05) is 71.0 Å². The number of methoxy groups -OCH3 is 1. The van der Waals surface area contributed by atoms with E-state index >= 15 is 0 Å². The van der Waals surface area contributed by atoms with Gasteiger partial charge in [-0.1, -0.05) is 6.92 Å². The van der Waals surface area contributed by atoms with Crippen LogP contribution >= 0.6 is 0 Å². The Balaban J connectivity index is 1.58. The normalized spacial score (nSPS) is 18.8. The summed E-state index contributed by atoms with van der Waals surface area (Å²) >= 11 is 0. The van der Waals surface area contributed by atoms with Crippen LogP contribution in [0.15, 0.2) is 35.2 Å². The molecule has 0 atom stereocenters. The second-order valence-electron chi connectivity index (χ2n) is 7.58. The maximum Gasteiger partial charge on any atom is 0.246 e. The molecule has 3 heterocycles. The van der Waals surface area contributed by atoms with Gasteiger partial charge in [0, 0.05) is 44.8 Å². The van der Waals surface area contributed by atoms with Gasteiger partial charge in [0.2, 0.25) is 10.0 Å². The van der Waals surface area contributed by atoms with E-state index in [0.29, 0.717) is 43.3 Å². The zero-order chi connectivity index (χ0) is 21.8. The zero-order valence-corrected chi connectivity index (χ0v) is 18.8. The van der Waals surface area contributed by atoms with Crippen LogP contribution in [0.1, 0.15) is 6.92 Å². The van der Waals surface area contributed by atoms with Crippen LogP contribution in [-0.2, 0) is 14.8 Å². The minimum absolute atomic E-state index is 0.135. The Hall–Kier alpha value is -2.27. The van der Waals surface area contributed by atoms with Gasteiger partial charge in [-0.25, -0.2) is 8.42 Å². The minimum atomic E-state index is -3.70. The van der Waals surface area contributed by atoms with Crippen LogP contribution in [0.2, 0.25) is 0 Å². The molecule has 1 aromatic carbocycles. The van der Waals surface area contributed by atoms with Crippen LogP contribution in [0.3, 0.4) is 0 Å². The lowest BCUT2D eigenvalue weighted by molar-refractivity contribution is 0.0729. The smallest absolute Gasteiger partial charge is 0.246 e. The molecule has 2 aliphatic rings. The highest BCUT2D eigenvalue weighted by Crippen LogP contribution is 2.31. The van der Waals surface area contributed by atoms with Gasteiger partial charge in [-0.15, -0.1) is 10.2 Å². The zero-order valence-electron chi connectivity index (χ0n) is 18.0. The molecule has 4 rings (SSSR count). The van der Waals surface area contributed by atoms with Crippen LogP contribution in [0.25, 0.3) is 11.3 Å². The number of aromatic nitrogens is 2. The van der Waals surface area contributed by atoms with E-state index in [2.05, 4.69) is 26.9 Å². The molecular weight excluding hydrogens is 418 g/mol. The molecule has 0 unspecified atom stereocenters. The highest BCUT2D eigenvalue weighted by Gasteiger charge is 2.29. The average molecular weight is 448 g/mol. The number of hydrogen-bond donors (Lipinski definition) is 0. The number of nitrogens with zero attached hydrogens (tertiary/aromatic N) is 5. The first-order valence-corrected chi connectivity index (χ1v) is 12.0. The molecule has 2 fully saturated rings. The fraction of sp³-hybridized carbons (Fsp3) is 0.524. The second kappa shape index (κ2) is 9.47. The number of ether oxygens (including phenoxy) is 2. The summed E-state index contributed by atoms with van der Waals surface area (Å²) in [5.74, 6) is 1.16. The third-order valence-corrected chi connectivity index (χ3v) is 7.76. The summed E-state index contributed by atoms with van der Waals surface area (Å²) in [6.07, 6.45) is 0. The van der Waals surface area contributed by atoms with Crippen molar-refractivity contribution in [1.29, 1.82) is 0 Å². The van der Waals surface area contributed by atoms with Crippen molar-refractivity contribution in [3.05, 3.63) is 30.3 Å². The molecular formula is C21H29N5O4S. The Morgan fingerprint density at radius 1 is 1.00 bits per heavy atom. The summed E-state index contributed by atoms with van der Waals surface area (Å²) in [5.41, 5.74) is 1.31. The Morgan fingerprint density at radius 2 is 1.74 bits per heavy atom. The molecule has 2 saturated heterocycles. The third kappa shape index (κ3) is 4.67. The van der Waals surface area contributed by atoms with Crippen LogP contribution in [0, 0.1) is 0 Å². The van der Waals surface area contributed by atoms with Crippen molar-refractivity contribution in [3.63, 3.8) is 0 Å². The van der Waals surface area contributed by atoms with Crippen molar-refractivity contribution in [2.24, 2.45) is 0 Å². The number of hydrogen-bond acceptors (Lipinski definition) is 8. The Morgan fingerprint density at radius 3 is 2.35 bits per heavy atom. The molecule has 0 radical (unpaired) electrons. The van der Waals surface area contributed by atoms with Crippen LogP contribution in [0.4, 0.5) is 5.82 Å². The van der Waals surface area contributed by atoms with Gasteiger partial charge in [0.1, 0.15) is 10.6 Å². The van der Waals surface area contributed by atoms with Gasteiger partial charge in [-0.05, 0) is 36.9 Å². The predicted octanol–water partition coefficient (Wildman–Crippen LogP) is 1.31. The fourth-order valence-corrected chi connectivity index (χ4v) is 5.49. The minimum Gasteiger partial charge on any atom is -0.495 e. The molecule has 1 aromatic heterocycles. The monoisotopic (exact) mass is 447 g/mol. The summed E-state index contributed by atoms with van der Waals surface area (Å²) in [7, 11) is -2.23. The first-order chi connectivity index (χ1) is 15.0. The van der Waals surface area contributed by atoms with E-state index in [1.54, 1.807) is 18.2 Å². The molecule has 168 valence electrons. The molecule has 2 aromatic rings. The number of likely N-dealkylation sites (N-methyl/N-ethyl adjacent to an activating group) is 1. The van der Waals surface area contributed by atoms with Gasteiger partial charge in [-0.2, -0.15) is 4.31 Å². The molecule has 0 bridgehead atoms. The topological polar surface area (TPSA) is 88.1 Å². The highest BCUT2D eigenvalue weighted by molar-refractivity contribution is 7.89. The van der Waals surface area contributed by atoms with E-state index in [0.717, 1.165) is 38.5 Å². The standard InChI is InChI=1S/C21H29N5O4S/c1-3-24-8-10-25(11-9-24)21-7-5-18(22-23-21)17-4-6-19(29-2)20(16-17)31(27,28)26-12-14-30-15-13-26/h4-7,16H,3,8-15H2,1-2H3. The summed E-state index contributed by atoms with van der Waals surface area (Å²) in [6, 6.07) is 8.93. The van der Waals surface area contributed by atoms with Crippen molar-refractivity contribution < 1.29 is 17.9 Å². The summed E-state index contributed by atoms with van der Waals surface area (Å²) < 4.78 is 38.5. The van der Waals surface area contributed by atoms with Crippen molar-refractivity contribution in [3.8, 4) is 17.0 Å². The lowest BCUT2D eigenvalue weighted by Gasteiger charge is -2.34. The Kier molecular flexibility index (Phi) is 6.71. The highest BCUT2D eigenvalue weighted by atomic mass is 32.2. The summed E-state index contributed by atoms with van der Waals surface area (Å²) in [5, 5.41) is 8.78. The quantitative estimate of drug-likeness (QED) is 0.655. The summed E-state index contributed by atoms with van der Waals surface area (Å²) in [6.45, 7) is 8.55. The van der Waals surface area contributed by atoms with E-state index < -0.39 is 10.0 Å². The van der Waals surface area contributed by atoms with Gasteiger partial charge in [0.05, 0.1) is 26.0 Å². The van der Waals surface area contributed by atoms with Crippen molar-refractivity contribution >= 4 is 15.8 Å². The second-order valence-corrected chi connectivity index (χ2v) is 9.49.